The summed E-state index contributed by atoms with van der Waals surface area (Å²) in [6.45, 7) is 2.74. The Kier molecular flexibility index (Phi) is 4.98. The summed E-state index contributed by atoms with van der Waals surface area (Å²) in [6.07, 6.45) is 3.21. The van der Waals surface area contributed by atoms with Crippen molar-refractivity contribution in [2.45, 2.75) is 37.1 Å². The van der Waals surface area contributed by atoms with Crippen LogP contribution in [-0.2, 0) is 4.79 Å². The van der Waals surface area contributed by atoms with Gasteiger partial charge in [0, 0.05) is 18.5 Å². The maximum absolute atomic E-state index is 11.5. The van der Waals surface area contributed by atoms with Crippen LogP contribution in [0.25, 0.3) is 0 Å². The third kappa shape index (κ3) is 4.36. The van der Waals surface area contributed by atoms with Crippen LogP contribution >= 0.6 is 11.8 Å². The van der Waals surface area contributed by atoms with Crippen molar-refractivity contribution >= 4 is 23.5 Å². The van der Waals surface area contributed by atoms with Crippen LogP contribution in [0.1, 0.15) is 37.9 Å². The number of nitrogen functional groups attached to an aromatic ring is 1. The zero-order valence-electron chi connectivity index (χ0n) is 11.0. The van der Waals surface area contributed by atoms with Crippen molar-refractivity contribution in [3.63, 3.8) is 0 Å². The number of thioether (sulfide) groups is 1. The molecule has 6 nitrogen and oxygen atoms in total. The fourth-order valence-electron chi connectivity index (χ4n) is 1.57. The van der Waals surface area contributed by atoms with E-state index in [-0.39, 0.29) is 5.91 Å². The lowest BCUT2D eigenvalue weighted by Gasteiger charge is -2.07. The van der Waals surface area contributed by atoms with Crippen LogP contribution in [0.15, 0.2) is 11.1 Å². The minimum absolute atomic E-state index is 0.0284. The van der Waals surface area contributed by atoms with Gasteiger partial charge in [0.25, 0.3) is 0 Å². The number of hydrazine groups is 1. The Morgan fingerprint density at radius 3 is 2.95 bits per heavy atom. The van der Waals surface area contributed by atoms with Crippen LogP contribution in [0.2, 0.25) is 0 Å². The maximum atomic E-state index is 11.5. The van der Waals surface area contributed by atoms with Crippen LogP contribution in [0.3, 0.4) is 0 Å². The summed E-state index contributed by atoms with van der Waals surface area (Å²) in [7, 11) is 0. The quantitative estimate of drug-likeness (QED) is 0.301. The molecule has 1 amide bonds. The van der Waals surface area contributed by atoms with Crippen molar-refractivity contribution < 1.29 is 4.79 Å². The first-order valence-electron chi connectivity index (χ1n) is 6.48. The van der Waals surface area contributed by atoms with Crippen LogP contribution < -0.4 is 16.6 Å². The van der Waals surface area contributed by atoms with Gasteiger partial charge in [-0.2, -0.15) is 0 Å². The highest BCUT2D eigenvalue weighted by Gasteiger charge is 2.27. The number of nitrogens with two attached hydrogens (primary N) is 1. The fraction of sp³-hybridized carbons (Fsp3) is 0.583. The lowest BCUT2D eigenvalue weighted by Crippen LogP contribution is -2.25. The maximum Gasteiger partial charge on any atom is 0.230 e. The van der Waals surface area contributed by atoms with Gasteiger partial charge in [-0.3, -0.25) is 4.79 Å². The van der Waals surface area contributed by atoms with Crippen LogP contribution in [-0.4, -0.2) is 28.2 Å². The van der Waals surface area contributed by atoms with Crippen molar-refractivity contribution in [1.82, 2.24) is 15.3 Å². The average molecular weight is 281 g/mol. The second-order valence-electron chi connectivity index (χ2n) is 4.51. The molecule has 19 heavy (non-hydrogen) atoms. The molecule has 1 saturated carbocycles. The second-order valence-corrected chi connectivity index (χ2v) is 5.50. The molecule has 0 aliphatic heterocycles. The first-order chi connectivity index (χ1) is 9.22. The Bertz CT molecular complexity index is 450. The summed E-state index contributed by atoms with van der Waals surface area (Å²) < 4.78 is 0. The molecule has 0 saturated heterocycles. The molecular weight excluding hydrogens is 262 g/mol. The third-order valence-corrected chi connectivity index (χ3v) is 3.65. The molecule has 1 aromatic rings. The molecule has 0 spiro atoms. The Morgan fingerprint density at radius 2 is 2.32 bits per heavy atom. The molecule has 4 N–H and O–H groups in total. The Hall–Kier alpha value is -1.34. The van der Waals surface area contributed by atoms with Crippen molar-refractivity contribution in [1.29, 1.82) is 0 Å². The molecule has 2 rings (SSSR count). The van der Waals surface area contributed by atoms with Gasteiger partial charge in [0.15, 0.2) is 0 Å². The monoisotopic (exact) mass is 281 g/mol. The first kappa shape index (κ1) is 14.1. The molecule has 1 aliphatic rings. The fourth-order valence-corrected chi connectivity index (χ4v) is 2.30. The first-order valence-corrected chi connectivity index (χ1v) is 7.46. The molecule has 0 radical (unpaired) electrons. The van der Waals surface area contributed by atoms with E-state index in [2.05, 4.69) is 20.7 Å². The third-order valence-electron chi connectivity index (χ3n) is 2.73. The predicted octanol–water partition coefficient (Wildman–Crippen LogP) is 1.26. The van der Waals surface area contributed by atoms with Crippen molar-refractivity contribution in [3.05, 3.63) is 11.9 Å². The lowest BCUT2D eigenvalue weighted by atomic mass is 10.4. The SMILES string of the molecule is CCCNC(=O)CSc1cc(NN)nc(C2CC2)n1. The van der Waals surface area contributed by atoms with Gasteiger partial charge in [-0.1, -0.05) is 18.7 Å². The van der Waals surface area contributed by atoms with Crippen molar-refractivity contribution in [2.75, 3.05) is 17.7 Å². The second kappa shape index (κ2) is 6.72. The van der Waals surface area contributed by atoms with E-state index in [1.165, 1.54) is 11.8 Å². The molecule has 104 valence electrons. The highest BCUT2D eigenvalue weighted by molar-refractivity contribution is 7.99. The van der Waals surface area contributed by atoms with Crippen LogP contribution in [0.4, 0.5) is 5.82 Å². The van der Waals surface area contributed by atoms with Gasteiger partial charge in [0.2, 0.25) is 5.91 Å². The van der Waals surface area contributed by atoms with Crippen molar-refractivity contribution in [2.24, 2.45) is 5.84 Å². The molecule has 1 aliphatic carbocycles. The number of carbonyl (C=O) groups is 1. The topological polar surface area (TPSA) is 92.9 Å². The van der Waals surface area contributed by atoms with Gasteiger partial charge >= 0.3 is 0 Å². The Labute approximate surface area is 116 Å². The van der Waals surface area contributed by atoms with Crippen LogP contribution in [0.5, 0.6) is 0 Å². The van der Waals surface area contributed by atoms with E-state index < -0.39 is 0 Å². The largest absolute Gasteiger partial charge is 0.355 e. The van der Waals surface area contributed by atoms with E-state index in [1.54, 1.807) is 6.07 Å². The van der Waals surface area contributed by atoms with Crippen LogP contribution in [0, 0.1) is 0 Å². The molecule has 0 bridgehead atoms. The minimum Gasteiger partial charge on any atom is -0.355 e. The molecule has 7 heteroatoms. The van der Waals surface area contributed by atoms with Gasteiger partial charge in [-0.25, -0.2) is 15.8 Å². The number of anilines is 1. The molecule has 0 unspecified atom stereocenters. The number of hydrogen-bond acceptors (Lipinski definition) is 6. The standard InChI is InChI=1S/C12H19N5OS/c1-2-5-14-10(18)7-19-11-6-9(17-13)15-12(16-11)8-3-4-8/h6,8H,2-5,7,13H2,1H3,(H,14,18)(H,15,16,17). The van der Waals surface area contributed by atoms with Gasteiger partial charge in [-0.15, -0.1) is 0 Å². The summed E-state index contributed by atoms with van der Waals surface area (Å²) in [5.41, 5.74) is 2.55. The number of amides is 1. The van der Waals surface area contributed by atoms with E-state index in [0.717, 1.165) is 30.1 Å². The molecule has 0 aromatic carbocycles. The number of rotatable bonds is 7. The summed E-state index contributed by atoms with van der Waals surface area (Å²) in [4.78, 5) is 20.3. The molecule has 1 fully saturated rings. The number of carbonyl (C=O) groups excluding carboxylic acids is 1. The average Bonchev–Trinajstić information content (AvgIpc) is 3.27. The zero-order valence-corrected chi connectivity index (χ0v) is 11.8. The number of hydrogen-bond donors (Lipinski definition) is 3. The smallest absolute Gasteiger partial charge is 0.230 e. The lowest BCUT2D eigenvalue weighted by molar-refractivity contribution is -0.118. The van der Waals surface area contributed by atoms with E-state index >= 15 is 0 Å². The summed E-state index contributed by atoms with van der Waals surface area (Å²) in [5, 5.41) is 3.63. The molecule has 1 heterocycles. The Balaban J connectivity index is 1.95. The van der Waals surface area contributed by atoms with Gasteiger partial charge < -0.3 is 10.7 Å². The highest BCUT2D eigenvalue weighted by Crippen LogP contribution is 2.39. The van der Waals surface area contributed by atoms with Gasteiger partial charge in [0.05, 0.1) is 5.75 Å². The number of nitrogens with one attached hydrogen (secondary N) is 2. The van der Waals surface area contributed by atoms with E-state index in [0.29, 0.717) is 24.0 Å². The highest BCUT2D eigenvalue weighted by atomic mass is 32.2. The normalized spacial score (nSPS) is 14.2. The predicted molar refractivity (Wildman–Crippen MR) is 75.8 cm³/mol. The van der Waals surface area contributed by atoms with E-state index in [4.69, 9.17) is 5.84 Å². The van der Waals surface area contributed by atoms with Gasteiger partial charge in [0.1, 0.15) is 16.7 Å². The number of nitrogens with zero attached hydrogens (tertiary/aromatic N) is 2. The van der Waals surface area contributed by atoms with Crippen molar-refractivity contribution in [3.8, 4) is 0 Å². The van der Waals surface area contributed by atoms with Gasteiger partial charge in [-0.05, 0) is 19.3 Å². The summed E-state index contributed by atoms with van der Waals surface area (Å²) in [6, 6.07) is 1.77. The molecular formula is C12H19N5OS. The molecule has 1 aromatic heterocycles. The zero-order chi connectivity index (χ0) is 13.7. The minimum atomic E-state index is 0.0284. The number of aromatic nitrogens is 2. The van der Waals surface area contributed by atoms with E-state index in [1.807, 2.05) is 6.92 Å². The summed E-state index contributed by atoms with van der Waals surface area (Å²) in [5.74, 6) is 7.69. The molecule has 0 atom stereocenters. The summed E-state index contributed by atoms with van der Waals surface area (Å²) >= 11 is 1.41. The van der Waals surface area contributed by atoms with E-state index in [9.17, 15) is 4.79 Å². The Morgan fingerprint density at radius 1 is 1.53 bits per heavy atom.